The molecule has 0 aliphatic heterocycles. The summed E-state index contributed by atoms with van der Waals surface area (Å²) in [5, 5.41) is 13.0. The Morgan fingerprint density at radius 1 is 1.10 bits per heavy atom. The highest BCUT2D eigenvalue weighted by Gasteiger charge is 2.24. The molecule has 2 atom stereocenters. The minimum absolute atomic E-state index is 0.0893. The van der Waals surface area contributed by atoms with E-state index >= 15 is 0 Å². The van der Waals surface area contributed by atoms with Crippen molar-refractivity contribution in [3.63, 3.8) is 0 Å². The van der Waals surface area contributed by atoms with Gasteiger partial charge in [-0.2, -0.15) is 0 Å². The van der Waals surface area contributed by atoms with E-state index in [1.807, 2.05) is 37.3 Å². The highest BCUT2D eigenvalue weighted by atomic mass is 35.5. The SMILES string of the molecule is C[C@@H](N[C@@H](C(=O)O)c1ccccc1Cl)c1ccccc1. The van der Waals surface area contributed by atoms with Gasteiger partial charge in [0, 0.05) is 11.1 Å². The molecule has 0 spiro atoms. The molecule has 20 heavy (non-hydrogen) atoms. The van der Waals surface area contributed by atoms with Gasteiger partial charge in [-0.25, -0.2) is 0 Å². The van der Waals surface area contributed by atoms with E-state index in [1.54, 1.807) is 24.3 Å². The molecule has 0 unspecified atom stereocenters. The van der Waals surface area contributed by atoms with Crippen molar-refractivity contribution in [3.05, 3.63) is 70.7 Å². The molecule has 0 heterocycles. The maximum absolute atomic E-state index is 11.5. The second-order valence-corrected chi connectivity index (χ2v) is 5.00. The first-order valence-electron chi connectivity index (χ1n) is 6.38. The standard InChI is InChI=1S/C16H16ClNO2/c1-11(12-7-3-2-4-8-12)18-15(16(19)20)13-9-5-6-10-14(13)17/h2-11,15,18H,1H3,(H,19,20)/t11-,15-/m1/s1. The molecule has 0 aliphatic rings. The van der Waals surface area contributed by atoms with Crippen molar-refractivity contribution < 1.29 is 9.90 Å². The van der Waals surface area contributed by atoms with Crippen LogP contribution in [0.4, 0.5) is 0 Å². The summed E-state index contributed by atoms with van der Waals surface area (Å²) in [6.45, 7) is 1.93. The monoisotopic (exact) mass is 289 g/mol. The number of carbonyl (C=O) groups is 1. The smallest absolute Gasteiger partial charge is 0.325 e. The summed E-state index contributed by atoms with van der Waals surface area (Å²) < 4.78 is 0. The van der Waals surface area contributed by atoms with Gasteiger partial charge in [0.05, 0.1) is 0 Å². The molecule has 2 rings (SSSR count). The Morgan fingerprint density at radius 2 is 1.70 bits per heavy atom. The van der Waals surface area contributed by atoms with Crippen molar-refractivity contribution in [1.82, 2.24) is 5.32 Å². The lowest BCUT2D eigenvalue weighted by Gasteiger charge is -2.21. The van der Waals surface area contributed by atoms with E-state index in [1.165, 1.54) is 0 Å². The predicted octanol–water partition coefficient (Wildman–Crippen LogP) is 3.82. The molecule has 0 fully saturated rings. The summed E-state index contributed by atoms with van der Waals surface area (Å²) in [6.07, 6.45) is 0. The summed E-state index contributed by atoms with van der Waals surface area (Å²) in [6, 6.07) is 15.8. The molecule has 3 nitrogen and oxygen atoms in total. The zero-order valence-corrected chi connectivity index (χ0v) is 11.8. The molecule has 2 aromatic carbocycles. The number of hydrogen-bond acceptors (Lipinski definition) is 2. The Balaban J connectivity index is 2.23. The minimum Gasteiger partial charge on any atom is -0.480 e. The lowest BCUT2D eigenvalue weighted by molar-refractivity contribution is -0.139. The molecular formula is C16H16ClNO2. The van der Waals surface area contributed by atoms with Crippen LogP contribution in [0.1, 0.15) is 30.1 Å². The van der Waals surface area contributed by atoms with E-state index < -0.39 is 12.0 Å². The first kappa shape index (κ1) is 14.6. The molecular weight excluding hydrogens is 274 g/mol. The Morgan fingerprint density at radius 3 is 2.30 bits per heavy atom. The second-order valence-electron chi connectivity index (χ2n) is 4.59. The molecule has 2 aromatic rings. The maximum Gasteiger partial charge on any atom is 0.325 e. The van der Waals surface area contributed by atoms with Crippen molar-refractivity contribution in [1.29, 1.82) is 0 Å². The van der Waals surface area contributed by atoms with E-state index in [0.29, 0.717) is 10.6 Å². The van der Waals surface area contributed by atoms with Gasteiger partial charge in [-0.3, -0.25) is 10.1 Å². The van der Waals surface area contributed by atoms with Crippen LogP contribution in [0.15, 0.2) is 54.6 Å². The van der Waals surface area contributed by atoms with Gasteiger partial charge in [-0.1, -0.05) is 60.1 Å². The van der Waals surface area contributed by atoms with Gasteiger partial charge >= 0.3 is 5.97 Å². The zero-order valence-electron chi connectivity index (χ0n) is 11.1. The van der Waals surface area contributed by atoms with E-state index in [-0.39, 0.29) is 6.04 Å². The summed E-state index contributed by atoms with van der Waals surface area (Å²) >= 11 is 6.09. The van der Waals surface area contributed by atoms with Crippen LogP contribution >= 0.6 is 11.6 Å². The average Bonchev–Trinajstić information content (AvgIpc) is 2.46. The molecule has 0 aromatic heterocycles. The van der Waals surface area contributed by atoms with Gasteiger partial charge < -0.3 is 5.11 Å². The van der Waals surface area contributed by atoms with Crippen LogP contribution in [0.3, 0.4) is 0 Å². The van der Waals surface area contributed by atoms with Gasteiger partial charge in [0.25, 0.3) is 0 Å². The van der Waals surface area contributed by atoms with Crippen molar-refractivity contribution in [2.75, 3.05) is 0 Å². The number of carboxylic acid groups (broad SMARTS) is 1. The molecule has 4 heteroatoms. The number of benzene rings is 2. The molecule has 0 radical (unpaired) electrons. The fourth-order valence-corrected chi connectivity index (χ4v) is 2.34. The van der Waals surface area contributed by atoms with E-state index in [0.717, 1.165) is 5.56 Å². The first-order valence-corrected chi connectivity index (χ1v) is 6.75. The van der Waals surface area contributed by atoms with Gasteiger partial charge in [0.15, 0.2) is 0 Å². The molecule has 0 saturated heterocycles. The normalized spacial score (nSPS) is 13.7. The topological polar surface area (TPSA) is 49.3 Å². The highest BCUT2D eigenvalue weighted by molar-refractivity contribution is 6.31. The summed E-state index contributed by atoms with van der Waals surface area (Å²) in [5.74, 6) is -0.944. The Hall–Kier alpha value is -1.84. The fourth-order valence-electron chi connectivity index (χ4n) is 2.09. The van der Waals surface area contributed by atoms with E-state index in [9.17, 15) is 9.90 Å². The summed E-state index contributed by atoms with van der Waals surface area (Å²) in [5.41, 5.74) is 1.61. The van der Waals surface area contributed by atoms with Crippen molar-refractivity contribution in [2.45, 2.75) is 19.0 Å². The maximum atomic E-state index is 11.5. The van der Waals surface area contributed by atoms with Crippen molar-refractivity contribution in [3.8, 4) is 0 Å². The van der Waals surface area contributed by atoms with Gasteiger partial charge in [-0.05, 0) is 24.1 Å². The zero-order chi connectivity index (χ0) is 14.5. The third-order valence-corrected chi connectivity index (χ3v) is 3.52. The predicted molar refractivity (Wildman–Crippen MR) is 79.8 cm³/mol. The van der Waals surface area contributed by atoms with Crippen LogP contribution < -0.4 is 5.32 Å². The molecule has 0 bridgehead atoms. The summed E-state index contributed by atoms with van der Waals surface area (Å²) in [4.78, 5) is 11.5. The Labute approximate surface area is 123 Å². The minimum atomic E-state index is -0.944. The fraction of sp³-hybridized carbons (Fsp3) is 0.188. The van der Waals surface area contributed by atoms with Gasteiger partial charge in [0.1, 0.15) is 6.04 Å². The Kier molecular flexibility index (Phi) is 4.77. The average molecular weight is 290 g/mol. The third kappa shape index (κ3) is 3.38. The summed E-state index contributed by atoms with van der Waals surface area (Å²) in [7, 11) is 0. The number of nitrogens with one attached hydrogen (secondary N) is 1. The molecule has 2 N–H and O–H groups in total. The lowest BCUT2D eigenvalue weighted by Crippen LogP contribution is -2.31. The second kappa shape index (κ2) is 6.55. The largest absolute Gasteiger partial charge is 0.480 e. The van der Waals surface area contributed by atoms with E-state index in [4.69, 9.17) is 11.6 Å². The van der Waals surface area contributed by atoms with Gasteiger partial charge in [-0.15, -0.1) is 0 Å². The Bertz CT molecular complexity index is 586. The van der Waals surface area contributed by atoms with Crippen LogP contribution in [0.2, 0.25) is 5.02 Å². The number of carboxylic acids is 1. The van der Waals surface area contributed by atoms with Crippen molar-refractivity contribution in [2.24, 2.45) is 0 Å². The number of rotatable bonds is 5. The van der Waals surface area contributed by atoms with Crippen LogP contribution in [0.5, 0.6) is 0 Å². The quantitative estimate of drug-likeness (QED) is 0.880. The molecule has 104 valence electrons. The molecule has 0 saturated carbocycles. The lowest BCUT2D eigenvalue weighted by atomic mass is 10.0. The number of halogens is 1. The number of hydrogen-bond donors (Lipinski definition) is 2. The molecule has 0 aliphatic carbocycles. The third-order valence-electron chi connectivity index (χ3n) is 3.18. The number of aliphatic carboxylic acids is 1. The van der Waals surface area contributed by atoms with E-state index in [2.05, 4.69) is 5.32 Å². The first-order chi connectivity index (χ1) is 9.59. The van der Waals surface area contributed by atoms with Gasteiger partial charge in [0.2, 0.25) is 0 Å². The van der Waals surface area contributed by atoms with Crippen LogP contribution in [0.25, 0.3) is 0 Å². The highest BCUT2D eigenvalue weighted by Crippen LogP contribution is 2.25. The van der Waals surface area contributed by atoms with Crippen LogP contribution in [-0.2, 0) is 4.79 Å². The van der Waals surface area contributed by atoms with Crippen LogP contribution in [0, 0.1) is 0 Å². The molecule has 0 amide bonds. The van der Waals surface area contributed by atoms with Crippen molar-refractivity contribution >= 4 is 17.6 Å². The van der Waals surface area contributed by atoms with Crippen LogP contribution in [-0.4, -0.2) is 11.1 Å².